The first kappa shape index (κ1) is 12.7. The van der Waals surface area contributed by atoms with Gasteiger partial charge in [-0.15, -0.1) is 0 Å². The summed E-state index contributed by atoms with van der Waals surface area (Å²) < 4.78 is 1.91. The molecule has 1 aliphatic heterocycles. The monoisotopic (exact) mass is 213 g/mol. The van der Waals surface area contributed by atoms with Crippen molar-refractivity contribution in [2.75, 3.05) is 62.4 Å². The predicted molar refractivity (Wildman–Crippen MR) is 65.4 cm³/mol. The van der Waals surface area contributed by atoms with Gasteiger partial charge in [-0.05, 0) is 7.05 Å². The Bertz CT molecular complexity index is 241. The van der Waals surface area contributed by atoms with Gasteiger partial charge in [-0.3, -0.25) is 13.9 Å². The quantitative estimate of drug-likeness (QED) is 0.369. The SMILES string of the molecule is CN1CC=CC([N+](C)(C)C)([N+](C)(C)C)C1. The van der Waals surface area contributed by atoms with Crippen LogP contribution < -0.4 is 0 Å². The van der Waals surface area contributed by atoms with Crippen LogP contribution in [0.2, 0.25) is 0 Å². The zero-order valence-corrected chi connectivity index (χ0v) is 11.4. The van der Waals surface area contributed by atoms with E-state index in [1.165, 1.54) is 0 Å². The summed E-state index contributed by atoms with van der Waals surface area (Å²) in [6.45, 7) is 2.18. The molecule has 0 bridgehead atoms. The molecular formula is C12H27N3+2. The summed E-state index contributed by atoms with van der Waals surface area (Å²) in [5.41, 5.74) is 0.146. The van der Waals surface area contributed by atoms with Crippen LogP contribution in [0.4, 0.5) is 0 Å². The molecule has 0 saturated heterocycles. The molecule has 1 rings (SSSR count). The smallest absolute Gasteiger partial charge is 0.257 e. The normalized spacial score (nSPS) is 23.1. The van der Waals surface area contributed by atoms with Gasteiger partial charge in [0.25, 0.3) is 5.66 Å². The molecule has 3 nitrogen and oxygen atoms in total. The van der Waals surface area contributed by atoms with Crippen LogP contribution in [0.5, 0.6) is 0 Å². The van der Waals surface area contributed by atoms with Gasteiger partial charge >= 0.3 is 0 Å². The van der Waals surface area contributed by atoms with Crippen LogP contribution >= 0.6 is 0 Å². The highest BCUT2D eigenvalue weighted by molar-refractivity contribution is 5.03. The summed E-state index contributed by atoms with van der Waals surface area (Å²) >= 11 is 0. The van der Waals surface area contributed by atoms with E-state index in [1.54, 1.807) is 0 Å². The van der Waals surface area contributed by atoms with Crippen molar-refractivity contribution < 1.29 is 8.97 Å². The summed E-state index contributed by atoms with van der Waals surface area (Å²) in [7, 11) is 15.9. The van der Waals surface area contributed by atoms with Crippen molar-refractivity contribution in [2.45, 2.75) is 5.66 Å². The predicted octanol–water partition coefficient (Wildman–Crippen LogP) is 0.597. The van der Waals surface area contributed by atoms with Crippen molar-refractivity contribution in [1.29, 1.82) is 0 Å². The molecule has 0 amide bonds. The zero-order chi connectivity index (χ0) is 11.9. The van der Waals surface area contributed by atoms with E-state index in [2.05, 4.69) is 66.4 Å². The van der Waals surface area contributed by atoms with E-state index >= 15 is 0 Å². The maximum absolute atomic E-state index is 2.41. The fourth-order valence-electron chi connectivity index (χ4n) is 2.71. The molecule has 0 saturated carbocycles. The van der Waals surface area contributed by atoms with Crippen molar-refractivity contribution >= 4 is 0 Å². The van der Waals surface area contributed by atoms with Gasteiger partial charge in [-0.1, -0.05) is 6.08 Å². The molecule has 0 fully saturated rings. The Morgan fingerprint density at radius 1 is 1.00 bits per heavy atom. The Morgan fingerprint density at radius 2 is 1.47 bits per heavy atom. The lowest BCUT2D eigenvalue weighted by Gasteiger charge is -2.54. The lowest BCUT2D eigenvalue weighted by molar-refractivity contribution is -1.11. The number of rotatable bonds is 2. The Hall–Kier alpha value is -0.380. The lowest BCUT2D eigenvalue weighted by Crippen LogP contribution is -2.75. The van der Waals surface area contributed by atoms with Crippen molar-refractivity contribution in [2.24, 2.45) is 0 Å². The summed E-state index contributed by atoms with van der Waals surface area (Å²) in [5, 5.41) is 0. The molecule has 0 unspecified atom stereocenters. The van der Waals surface area contributed by atoms with Crippen molar-refractivity contribution in [3.63, 3.8) is 0 Å². The van der Waals surface area contributed by atoms with E-state index < -0.39 is 0 Å². The first-order chi connectivity index (χ1) is 6.60. The number of likely N-dealkylation sites (N-methyl/N-ethyl adjacent to an activating group) is 3. The first-order valence-electron chi connectivity index (χ1n) is 5.59. The molecule has 3 heteroatoms. The van der Waals surface area contributed by atoms with Gasteiger partial charge in [0.05, 0.1) is 42.3 Å². The molecule has 0 N–H and O–H groups in total. The van der Waals surface area contributed by atoms with E-state index in [9.17, 15) is 0 Å². The molecule has 1 heterocycles. The molecule has 0 aromatic rings. The maximum Gasteiger partial charge on any atom is 0.257 e. The van der Waals surface area contributed by atoms with Crippen LogP contribution in [0.1, 0.15) is 0 Å². The summed E-state index contributed by atoms with van der Waals surface area (Å²) in [6, 6.07) is 0. The minimum absolute atomic E-state index is 0.146. The average molecular weight is 213 g/mol. The van der Waals surface area contributed by atoms with Gasteiger partial charge in [-0.25, -0.2) is 0 Å². The summed E-state index contributed by atoms with van der Waals surface area (Å²) in [4.78, 5) is 2.40. The fraction of sp³-hybridized carbons (Fsp3) is 0.833. The second-order valence-electron chi connectivity index (χ2n) is 6.50. The molecule has 0 atom stereocenters. The molecule has 88 valence electrons. The third-order valence-corrected chi connectivity index (χ3v) is 3.63. The molecule has 15 heavy (non-hydrogen) atoms. The zero-order valence-electron chi connectivity index (χ0n) is 11.4. The largest absolute Gasteiger partial charge is 0.291 e. The highest BCUT2D eigenvalue weighted by Gasteiger charge is 2.53. The Balaban J connectivity index is 3.20. The van der Waals surface area contributed by atoms with Crippen LogP contribution in [0.15, 0.2) is 12.2 Å². The minimum atomic E-state index is 0.146. The average Bonchev–Trinajstić information content (AvgIpc) is 1.99. The highest BCUT2D eigenvalue weighted by atomic mass is 15.6. The van der Waals surface area contributed by atoms with E-state index in [1.807, 2.05) is 0 Å². The highest BCUT2D eigenvalue weighted by Crippen LogP contribution is 2.31. The van der Waals surface area contributed by atoms with Crippen molar-refractivity contribution in [1.82, 2.24) is 4.90 Å². The molecule has 0 radical (unpaired) electrons. The van der Waals surface area contributed by atoms with E-state index in [-0.39, 0.29) is 5.66 Å². The van der Waals surface area contributed by atoms with Gasteiger partial charge in [0.15, 0.2) is 0 Å². The number of hydrogen-bond acceptors (Lipinski definition) is 1. The van der Waals surface area contributed by atoms with Crippen LogP contribution in [-0.4, -0.2) is 82.0 Å². The topological polar surface area (TPSA) is 3.24 Å². The third kappa shape index (κ3) is 2.10. The van der Waals surface area contributed by atoms with E-state index in [4.69, 9.17) is 0 Å². The maximum atomic E-state index is 2.41. The lowest BCUT2D eigenvalue weighted by atomic mass is 9.98. The molecule has 0 aromatic heterocycles. The molecule has 0 aliphatic carbocycles. The second-order valence-corrected chi connectivity index (χ2v) is 6.50. The van der Waals surface area contributed by atoms with Crippen LogP contribution in [0.25, 0.3) is 0 Å². The number of nitrogens with zero attached hydrogens (tertiary/aromatic N) is 3. The second kappa shape index (κ2) is 3.58. The number of hydrogen-bond donors (Lipinski definition) is 0. The summed E-state index contributed by atoms with van der Waals surface area (Å²) in [5.74, 6) is 0. The van der Waals surface area contributed by atoms with Crippen LogP contribution in [0.3, 0.4) is 0 Å². The van der Waals surface area contributed by atoms with Crippen LogP contribution in [0, 0.1) is 0 Å². The third-order valence-electron chi connectivity index (χ3n) is 3.63. The van der Waals surface area contributed by atoms with Gasteiger partial charge in [0, 0.05) is 12.6 Å². The standard InChI is InChI=1S/C12H27N3/c1-13-10-8-9-12(11-13,14(2,3)4)15(5,6)7/h8-9H,10-11H2,1-7H3/q+2. The van der Waals surface area contributed by atoms with Gasteiger partial charge in [0.2, 0.25) is 0 Å². The molecule has 1 aliphatic rings. The molecular weight excluding hydrogens is 186 g/mol. The Kier molecular flexibility index (Phi) is 3.03. The van der Waals surface area contributed by atoms with E-state index in [0.29, 0.717) is 0 Å². The molecule has 0 spiro atoms. The number of quaternary nitrogens is 2. The Labute approximate surface area is 94.8 Å². The van der Waals surface area contributed by atoms with Crippen LogP contribution in [-0.2, 0) is 0 Å². The Morgan fingerprint density at radius 3 is 1.73 bits per heavy atom. The minimum Gasteiger partial charge on any atom is -0.291 e. The van der Waals surface area contributed by atoms with Crippen molar-refractivity contribution in [3.8, 4) is 0 Å². The summed E-state index contributed by atoms with van der Waals surface area (Å²) in [6.07, 6.45) is 4.71. The van der Waals surface area contributed by atoms with Gasteiger partial charge in [-0.2, -0.15) is 0 Å². The van der Waals surface area contributed by atoms with Gasteiger partial charge in [0.1, 0.15) is 6.54 Å². The first-order valence-corrected chi connectivity index (χ1v) is 5.59. The van der Waals surface area contributed by atoms with Gasteiger partial charge < -0.3 is 0 Å². The fourth-order valence-corrected chi connectivity index (χ4v) is 2.71. The van der Waals surface area contributed by atoms with E-state index in [0.717, 1.165) is 22.1 Å². The van der Waals surface area contributed by atoms with Crippen molar-refractivity contribution in [3.05, 3.63) is 12.2 Å². The molecule has 0 aromatic carbocycles.